The fourth-order valence-corrected chi connectivity index (χ4v) is 1.13. The van der Waals surface area contributed by atoms with Crippen molar-refractivity contribution in [3.05, 3.63) is 17.6 Å². The summed E-state index contributed by atoms with van der Waals surface area (Å²) in [4.78, 5) is 8.71. The molecule has 0 bridgehead atoms. The second-order valence-corrected chi connectivity index (χ2v) is 4.40. The van der Waals surface area contributed by atoms with Gasteiger partial charge in [0.1, 0.15) is 11.6 Å². The summed E-state index contributed by atoms with van der Waals surface area (Å²) in [6.45, 7) is 6.62. The highest BCUT2D eigenvalue weighted by Crippen LogP contribution is 2.20. The maximum absolute atomic E-state index is 5.35. The molecule has 5 nitrogen and oxygen atoms in total. The molecule has 1 aromatic rings. The van der Waals surface area contributed by atoms with E-state index in [1.807, 2.05) is 0 Å². The van der Waals surface area contributed by atoms with Crippen molar-refractivity contribution in [2.45, 2.75) is 32.8 Å². The zero-order valence-corrected chi connectivity index (χ0v) is 9.66. The molecule has 0 saturated heterocycles. The molecule has 1 heterocycles. The first-order chi connectivity index (χ1) is 6.97. The van der Waals surface area contributed by atoms with E-state index < -0.39 is 0 Å². The minimum absolute atomic E-state index is 0.102. The van der Waals surface area contributed by atoms with Crippen LogP contribution in [0.15, 0.2) is 6.07 Å². The Kier molecular flexibility index (Phi) is 3.60. The van der Waals surface area contributed by atoms with Gasteiger partial charge in [-0.2, -0.15) is 0 Å². The molecule has 1 rings (SSSR count). The first-order valence-corrected chi connectivity index (χ1v) is 4.81. The zero-order valence-electron chi connectivity index (χ0n) is 9.66. The normalized spacial score (nSPS) is 11.5. The molecule has 1 aromatic heterocycles. The molecule has 84 valence electrons. The predicted molar refractivity (Wildman–Crippen MR) is 59.3 cm³/mol. The quantitative estimate of drug-likeness (QED) is 0.579. The van der Waals surface area contributed by atoms with Crippen molar-refractivity contribution in [2.75, 3.05) is 12.5 Å². The van der Waals surface area contributed by atoms with Crippen molar-refractivity contribution in [3.8, 4) is 0 Å². The van der Waals surface area contributed by atoms with Gasteiger partial charge in [0.15, 0.2) is 0 Å². The van der Waals surface area contributed by atoms with Crippen molar-refractivity contribution in [3.63, 3.8) is 0 Å². The standard InChI is InChI=1S/C10H18N4O/c1-10(2,3)9-12-7(6-15-4)5-8(13-9)14-11/h5H,6,11H2,1-4H3,(H,12,13,14). The number of methoxy groups -OCH3 is 1. The minimum atomic E-state index is -0.102. The average molecular weight is 210 g/mol. The number of rotatable bonds is 3. The number of aromatic nitrogens is 2. The number of nitrogens with zero attached hydrogens (tertiary/aromatic N) is 2. The lowest BCUT2D eigenvalue weighted by Crippen LogP contribution is -2.20. The molecule has 5 heteroatoms. The van der Waals surface area contributed by atoms with Crippen LogP contribution in [0.2, 0.25) is 0 Å². The van der Waals surface area contributed by atoms with Crippen LogP contribution in [-0.2, 0) is 16.8 Å². The molecule has 0 unspecified atom stereocenters. The summed E-state index contributed by atoms with van der Waals surface area (Å²) in [6.07, 6.45) is 0. The Labute approximate surface area is 90.0 Å². The predicted octanol–water partition coefficient (Wildman–Crippen LogP) is 1.21. The number of nitrogens with one attached hydrogen (secondary N) is 1. The van der Waals surface area contributed by atoms with Gasteiger partial charge < -0.3 is 10.2 Å². The Morgan fingerprint density at radius 2 is 2.07 bits per heavy atom. The number of hydrogen-bond donors (Lipinski definition) is 2. The van der Waals surface area contributed by atoms with Gasteiger partial charge in [0, 0.05) is 18.6 Å². The van der Waals surface area contributed by atoms with Gasteiger partial charge in [-0.1, -0.05) is 20.8 Å². The summed E-state index contributed by atoms with van der Waals surface area (Å²) in [5.41, 5.74) is 3.25. The molecule has 0 amide bonds. The van der Waals surface area contributed by atoms with Gasteiger partial charge in [0.05, 0.1) is 12.3 Å². The van der Waals surface area contributed by atoms with Crippen LogP contribution in [0.1, 0.15) is 32.3 Å². The Morgan fingerprint density at radius 3 is 2.53 bits per heavy atom. The lowest BCUT2D eigenvalue weighted by atomic mass is 9.95. The summed E-state index contributed by atoms with van der Waals surface area (Å²) in [6, 6.07) is 1.78. The lowest BCUT2D eigenvalue weighted by Gasteiger charge is -2.18. The van der Waals surface area contributed by atoms with E-state index >= 15 is 0 Å². The van der Waals surface area contributed by atoms with E-state index in [1.165, 1.54) is 0 Å². The second-order valence-electron chi connectivity index (χ2n) is 4.40. The van der Waals surface area contributed by atoms with E-state index in [4.69, 9.17) is 10.6 Å². The number of hydrogen-bond acceptors (Lipinski definition) is 5. The fourth-order valence-electron chi connectivity index (χ4n) is 1.13. The Balaban J connectivity index is 3.11. The van der Waals surface area contributed by atoms with Gasteiger partial charge in [0.25, 0.3) is 0 Å². The first kappa shape index (κ1) is 11.9. The van der Waals surface area contributed by atoms with Crippen molar-refractivity contribution in [1.82, 2.24) is 9.97 Å². The maximum Gasteiger partial charge on any atom is 0.144 e. The summed E-state index contributed by atoms with van der Waals surface area (Å²) in [5, 5.41) is 0. The van der Waals surface area contributed by atoms with Crippen molar-refractivity contribution in [1.29, 1.82) is 0 Å². The molecule has 0 radical (unpaired) electrons. The molecule has 0 aliphatic heterocycles. The van der Waals surface area contributed by atoms with E-state index in [1.54, 1.807) is 13.2 Å². The molecule has 0 atom stereocenters. The van der Waals surface area contributed by atoms with Crippen molar-refractivity contribution >= 4 is 5.82 Å². The molecule has 0 aliphatic rings. The van der Waals surface area contributed by atoms with E-state index in [0.717, 1.165) is 11.5 Å². The third-order valence-electron chi connectivity index (χ3n) is 1.89. The third kappa shape index (κ3) is 3.14. The highest BCUT2D eigenvalue weighted by atomic mass is 16.5. The molecule has 0 saturated carbocycles. The van der Waals surface area contributed by atoms with Gasteiger partial charge in [-0.25, -0.2) is 15.8 Å². The van der Waals surface area contributed by atoms with Gasteiger partial charge in [-0.05, 0) is 0 Å². The molecule has 0 aromatic carbocycles. The summed E-state index contributed by atoms with van der Waals surface area (Å²) in [5.74, 6) is 6.71. The van der Waals surface area contributed by atoms with Crippen molar-refractivity contribution < 1.29 is 4.74 Å². The first-order valence-electron chi connectivity index (χ1n) is 4.81. The van der Waals surface area contributed by atoms with Crippen LogP contribution in [0.5, 0.6) is 0 Å². The summed E-state index contributed by atoms with van der Waals surface area (Å²) < 4.78 is 5.04. The largest absolute Gasteiger partial charge is 0.378 e. The highest BCUT2D eigenvalue weighted by molar-refractivity contribution is 5.35. The summed E-state index contributed by atoms with van der Waals surface area (Å²) >= 11 is 0. The molecule has 0 fully saturated rings. The minimum Gasteiger partial charge on any atom is -0.378 e. The maximum atomic E-state index is 5.35. The second kappa shape index (κ2) is 4.55. The van der Waals surface area contributed by atoms with Gasteiger partial charge >= 0.3 is 0 Å². The molecule has 0 aliphatic carbocycles. The van der Waals surface area contributed by atoms with E-state index in [0.29, 0.717) is 12.4 Å². The fraction of sp³-hybridized carbons (Fsp3) is 0.600. The van der Waals surface area contributed by atoms with Gasteiger partial charge in [0.2, 0.25) is 0 Å². The van der Waals surface area contributed by atoms with Crippen LogP contribution in [0.25, 0.3) is 0 Å². The van der Waals surface area contributed by atoms with Crippen molar-refractivity contribution in [2.24, 2.45) is 5.84 Å². The van der Waals surface area contributed by atoms with Crippen LogP contribution < -0.4 is 11.3 Å². The monoisotopic (exact) mass is 210 g/mol. The number of nitrogen functional groups attached to an aromatic ring is 1. The Bertz CT molecular complexity index is 333. The molecule has 0 spiro atoms. The topological polar surface area (TPSA) is 73.1 Å². The smallest absolute Gasteiger partial charge is 0.144 e. The van der Waals surface area contributed by atoms with Crippen LogP contribution in [0.3, 0.4) is 0 Å². The average Bonchev–Trinajstić information content (AvgIpc) is 2.16. The van der Waals surface area contributed by atoms with Crippen LogP contribution in [0, 0.1) is 0 Å². The van der Waals surface area contributed by atoms with Crippen LogP contribution in [0.4, 0.5) is 5.82 Å². The number of anilines is 1. The zero-order chi connectivity index (χ0) is 11.5. The highest BCUT2D eigenvalue weighted by Gasteiger charge is 2.18. The summed E-state index contributed by atoms with van der Waals surface area (Å²) in [7, 11) is 1.63. The number of nitrogens with two attached hydrogens (primary N) is 1. The van der Waals surface area contributed by atoms with E-state index in [-0.39, 0.29) is 5.41 Å². The SMILES string of the molecule is COCc1cc(NN)nc(C(C)(C)C)n1. The van der Waals surface area contributed by atoms with Gasteiger partial charge in [-0.3, -0.25) is 0 Å². The van der Waals surface area contributed by atoms with Crippen LogP contribution >= 0.6 is 0 Å². The molecular weight excluding hydrogens is 192 g/mol. The van der Waals surface area contributed by atoms with E-state index in [9.17, 15) is 0 Å². The third-order valence-corrected chi connectivity index (χ3v) is 1.89. The molecule has 3 N–H and O–H groups in total. The Morgan fingerprint density at radius 1 is 1.40 bits per heavy atom. The van der Waals surface area contributed by atoms with Crippen LogP contribution in [-0.4, -0.2) is 17.1 Å². The molecule has 15 heavy (non-hydrogen) atoms. The van der Waals surface area contributed by atoms with E-state index in [2.05, 4.69) is 36.2 Å². The molecular formula is C10H18N4O. The van der Waals surface area contributed by atoms with Gasteiger partial charge in [-0.15, -0.1) is 0 Å². The number of hydrazine groups is 1. The lowest BCUT2D eigenvalue weighted by molar-refractivity contribution is 0.181. The number of ether oxygens (including phenoxy) is 1. The Hall–Kier alpha value is -1.20.